The highest BCUT2D eigenvalue weighted by Gasteiger charge is 2.31. The van der Waals surface area contributed by atoms with E-state index < -0.39 is 5.41 Å². The molecule has 0 aliphatic carbocycles. The van der Waals surface area contributed by atoms with Crippen molar-refractivity contribution in [2.45, 2.75) is 25.2 Å². The number of ether oxygens (including phenoxy) is 1. The van der Waals surface area contributed by atoms with Crippen molar-refractivity contribution in [1.82, 2.24) is 4.90 Å². The first-order valence-electron chi connectivity index (χ1n) is 7.41. The molecule has 20 heavy (non-hydrogen) atoms. The number of carbonyl (C=O) groups is 1. The van der Waals surface area contributed by atoms with Crippen LogP contribution in [0.4, 0.5) is 0 Å². The van der Waals surface area contributed by atoms with Crippen molar-refractivity contribution < 1.29 is 9.53 Å². The average Bonchev–Trinajstić information content (AvgIpc) is 2.49. The molecule has 0 aromatic heterocycles. The fourth-order valence-electron chi connectivity index (χ4n) is 3.15. The van der Waals surface area contributed by atoms with Crippen LogP contribution in [-0.4, -0.2) is 44.5 Å². The van der Waals surface area contributed by atoms with Gasteiger partial charge in [-0.15, -0.1) is 0 Å². The van der Waals surface area contributed by atoms with E-state index in [9.17, 15) is 4.79 Å². The number of carbonyl (C=O) groups excluding carboxylic acids is 1. The minimum atomic E-state index is -0.420. The van der Waals surface area contributed by atoms with Gasteiger partial charge in [0.2, 0.25) is 0 Å². The maximum absolute atomic E-state index is 11.7. The van der Waals surface area contributed by atoms with Gasteiger partial charge in [-0.25, -0.2) is 0 Å². The second-order valence-electron chi connectivity index (χ2n) is 6.10. The monoisotopic (exact) mass is 275 g/mol. The highest BCUT2D eigenvalue weighted by Crippen LogP contribution is 2.25. The van der Waals surface area contributed by atoms with Gasteiger partial charge < -0.3 is 14.4 Å². The predicted molar refractivity (Wildman–Crippen MR) is 80.9 cm³/mol. The molecule has 1 heterocycles. The fraction of sp³-hybridized carbons (Fsp3) is 0.588. The summed E-state index contributed by atoms with van der Waals surface area (Å²) in [5.41, 5.74) is 0.680. The fourth-order valence-corrected chi connectivity index (χ4v) is 3.15. The molecule has 2 atom stereocenters. The summed E-state index contributed by atoms with van der Waals surface area (Å²) in [5, 5.41) is 0. The van der Waals surface area contributed by atoms with Crippen LogP contribution < -0.4 is 0 Å². The molecule has 0 saturated carbocycles. The lowest BCUT2D eigenvalue weighted by atomic mass is 9.82. The summed E-state index contributed by atoms with van der Waals surface area (Å²) in [4.78, 5) is 14.1. The molecule has 1 aromatic carbocycles. The van der Waals surface area contributed by atoms with Crippen molar-refractivity contribution in [3.8, 4) is 0 Å². The zero-order valence-electron chi connectivity index (χ0n) is 12.5. The number of piperidine rings is 1. The summed E-state index contributed by atoms with van der Waals surface area (Å²) < 4.78 is 5.27. The molecule has 0 radical (unpaired) electrons. The molecule has 1 saturated heterocycles. The lowest BCUT2D eigenvalue weighted by molar-refractivity contribution is -0.113. The van der Waals surface area contributed by atoms with Crippen LogP contribution in [0.1, 0.15) is 25.3 Å². The van der Waals surface area contributed by atoms with Crippen LogP contribution in [0.3, 0.4) is 0 Å². The molecule has 0 N–H and O–H groups in total. The van der Waals surface area contributed by atoms with Crippen molar-refractivity contribution in [1.29, 1.82) is 0 Å². The largest absolute Gasteiger partial charge is 0.384 e. The third-order valence-electron chi connectivity index (χ3n) is 4.25. The first kappa shape index (κ1) is 15.2. The summed E-state index contributed by atoms with van der Waals surface area (Å²) in [5.74, 6) is 0.598. The van der Waals surface area contributed by atoms with Crippen LogP contribution in [0.15, 0.2) is 30.3 Å². The van der Waals surface area contributed by atoms with Gasteiger partial charge in [0.15, 0.2) is 0 Å². The lowest BCUT2D eigenvalue weighted by Gasteiger charge is -2.37. The normalized spacial score (nSPS) is 23.2. The van der Waals surface area contributed by atoms with E-state index in [1.807, 2.05) is 37.3 Å². The number of likely N-dealkylation sites (tertiary alicyclic amines) is 1. The Morgan fingerprint density at radius 2 is 2.15 bits per heavy atom. The van der Waals surface area contributed by atoms with E-state index in [0.717, 1.165) is 38.1 Å². The molecular weight excluding hydrogens is 250 g/mol. The van der Waals surface area contributed by atoms with Gasteiger partial charge in [-0.2, -0.15) is 0 Å². The van der Waals surface area contributed by atoms with Crippen LogP contribution in [0.2, 0.25) is 0 Å². The molecule has 3 heteroatoms. The van der Waals surface area contributed by atoms with E-state index in [-0.39, 0.29) is 0 Å². The molecule has 0 amide bonds. The van der Waals surface area contributed by atoms with Gasteiger partial charge in [0.05, 0.1) is 12.0 Å². The van der Waals surface area contributed by atoms with Crippen LogP contribution in [0, 0.1) is 5.92 Å². The number of methoxy groups -OCH3 is 1. The number of hydrogen-bond acceptors (Lipinski definition) is 3. The van der Waals surface area contributed by atoms with Gasteiger partial charge in [0.1, 0.15) is 6.29 Å². The Bertz CT molecular complexity index is 418. The van der Waals surface area contributed by atoms with Crippen LogP contribution >= 0.6 is 0 Å². The highest BCUT2D eigenvalue weighted by atomic mass is 16.5. The Morgan fingerprint density at radius 1 is 1.40 bits per heavy atom. The number of nitrogens with zero attached hydrogens (tertiary/aromatic N) is 1. The maximum Gasteiger partial charge on any atom is 0.131 e. The zero-order chi connectivity index (χ0) is 14.4. The first-order chi connectivity index (χ1) is 9.68. The van der Waals surface area contributed by atoms with Gasteiger partial charge in [-0.05, 0) is 37.8 Å². The number of hydrogen-bond donors (Lipinski definition) is 0. The third-order valence-corrected chi connectivity index (χ3v) is 4.25. The Balaban J connectivity index is 2.04. The SMILES string of the molecule is COCC1CCCN(CC(C)(C=O)c2ccccc2)C1. The Labute approximate surface area is 121 Å². The number of rotatable bonds is 6. The van der Waals surface area contributed by atoms with Gasteiger partial charge >= 0.3 is 0 Å². The van der Waals surface area contributed by atoms with Gasteiger partial charge in [0.25, 0.3) is 0 Å². The molecule has 2 rings (SSSR count). The molecule has 2 unspecified atom stereocenters. The Morgan fingerprint density at radius 3 is 2.80 bits per heavy atom. The van der Waals surface area contributed by atoms with Crippen molar-refractivity contribution >= 4 is 6.29 Å². The van der Waals surface area contributed by atoms with E-state index in [0.29, 0.717) is 5.92 Å². The summed E-state index contributed by atoms with van der Waals surface area (Å²) in [7, 11) is 1.76. The smallest absolute Gasteiger partial charge is 0.131 e. The van der Waals surface area contributed by atoms with E-state index in [1.54, 1.807) is 7.11 Å². The van der Waals surface area contributed by atoms with Crippen molar-refractivity contribution in [3.05, 3.63) is 35.9 Å². The van der Waals surface area contributed by atoms with Crippen LogP contribution in [0.25, 0.3) is 0 Å². The van der Waals surface area contributed by atoms with Gasteiger partial charge in [0, 0.05) is 20.2 Å². The second-order valence-corrected chi connectivity index (χ2v) is 6.10. The predicted octanol–water partition coefficient (Wildman–Crippen LogP) is 2.50. The van der Waals surface area contributed by atoms with Crippen molar-refractivity contribution in [2.75, 3.05) is 33.4 Å². The highest BCUT2D eigenvalue weighted by molar-refractivity contribution is 5.68. The molecule has 1 aliphatic heterocycles. The quantitative estimate of drug-likeness (QED) is 0.747. The standard InChI is InChI=1S/C17H25NO2/c1-17(14-19,16-8-4-3-5-9-16)13-18-10-6-7-15(11-18)12-20-2/h3-5,8-9,14-15H,6-7,10-13H2,1-2H3. The van der Waals surface area contributed by atoms with E-state index in [4.69, 9.17) is 4.74 Å². The minimum Gasteiger partial charge on any atom is -0.384 e. The third kappa shape index (κ3) is 3.68. The van der Waals surface area contributed by atoms with Crippen molar-refractivity contribution in [3.63, 3.8) is 0 Å². The molecule has 1 aliphatic rings. The van der Waals surface area contributed by atoms with Gasteiger partial charge in [-0.1, -0.05) is 30.3 Å². The first-order valence-corrected chi connectivity index (χ1v) is 7.41. The topological polar surface area (TPSA) is 29.5 Å². The summed E-state index contributed by atoms with van der Waals surface area (Å²) >= 11 is 0. The van der Waals surface area contributed by atoms with Crippen LogP contribution in [-0.2, 0) is 14.9 Å². The minimum absolute atomic E-state index is 0.420. The molecule has 1 fully saturated rings. The number of aldehydes is 1. The van der Waals surface area contributed by atoms with Gasteiger partial charge in [-0.3, -0.25) is 0 Å². The van der Waals surface area contributed by atoms with E-state index >= 15 is 0 Å². The molecular formula is C17H25NO2. The average molecular weight is 275 g/mol. The summed E-state index contributed by atoms with van der Waals surface area (Å²) in [6.45, 7) is 5.76. The lowest BCUT2D eigenvalue weighted by Crippen LogP contribution is -2.45. The number of benzene rings is 1. The summed E-state index contributed by atoms with van der Waals surface area (Å²) in [6, 6.07) is 10.1. The molecule has 3 nitrogen and oxygen atoms in total. The molecule has 0 bridgehead atoms. The zero-order valence-corrected chi connectivity index (χ0v) is 12.5. The maximum atomic E-state index is 11.7. The van der Waals surface area contributed by atoms with Crippen LogP contribution in [0.5, 0.6) is 0 Å². The van der Waals surface area contributed by atoms with E-state index in [2.05, 4.69) is 4.90 Å². The Hall–Kier alpha value is -1.19. The van der Waals surface area contributed by atoms with E-state index in [1.165, 1.54) is 12.8 Å². The summed E-state index contributed by atoms with van der Waals surface area (Å²) in [6.07, 6.45) is 3.52. The Kier molecular flexibility index (Phi) is 5.32. The second kappa shape index (κ2) is 7.00. The molecule has 110 valence electrons. The van der Waals surface area contributed by atoms with Crippen molar-refractivity contribution in [2.24, 2.45) is 5.92 Å². The molecule has 0 spiro atoms. The molecule has 1 aromatic rings.